The zero-order valence-electron chi connectivity index (χ0n) is 11.9. The summed E-state index contributed by atoms with van der Waals surface area (Å²) < 4.78 is 1.03. The van der Waals surface area contributed by atoms with Crippen molar-refractivity contribution < 1.29 is 14.7 Å². The third kappa shape index (κ3) is 2.71. The first-order chi connectivity index (χ1) is 9.90. The predicted molar refractivity (Wildman–Crippen MR) is 81.9 cm³/mol. The van der Waals surface area contributed by atoms with Crippen LogP contribution in [0.25, 0.3) is 0 Å². The Kier molecular flexibility index (Phi) is 3.56. The van der Waals surface area contributed by atoms with Gasteiger partial charge in [-0.3, -0.25) is 9.59 Å². The highest BCUT2D eigenvalue weighted by atomic mass is 79.9. The van der Waals surface area contributed by atoms with Crippen LogP contribution in [0.1, 0.15) is 31.2 Å². The number of likely N-dealkylation sites (tertiary alicyclic amines) is 1. The van der Waals surface area contributed by atoms with Gasteiger partial charge in [-0.2, -0.15) is 0 Å². The van der Waals surface area contributed by atoms with Gasteiger partial charge in [0.1, 0.15) is 0 Å². The zero-order valence-corrected chi connectivity index (χ0v) is 13.5. The van der Waals surface area contributed by atoms with Crippen molar-refractivity contribution in [2.45, 2.75) is 25.7 Å². The number of amides is 1. The Hall–Kier alpha value is -1.36. The molecule has 2 aliphatic rings. The van der Waals surface area contributed by atoms with Gasteiger partial charge in [0, 0.05) is 23.5 Å². The molecular formula is C16H18BrNO3. The highest BCUT2D eigenvalue weighted by molar-refractivity contribution is 9.10. The number of hydrogen-bond acceptors (Lipinski definition) is 2. The van der Waals surface area contributed by atoms with Gasteiger partial charge in [-0.15, -0.1) is 0 Å². The lowest BCUT2D eigenvalue weighted by Crippen LogP contribution is -2.35. The van der Waals surface area contributed by atoms with Gasteiger partial charge in [0.15, 0.2) is 0 Å². The van der Waals surface area contributed by atoms with Crippen molar-refractivity contribution in [3.05, 3.63) is 34.3 Å². The largest absolute Gasteiger partial charge is 0.481 e. The lowest BCUT2D eigenvalue weighted by Gasteiger charge is -2.20. The number of aliphatic carboxylic acids is 1. The van der Waals surface area contributed by atoms with Crippen molar-refractivity contribution in [2.24, 2.45) is 11.3 Å². The normalized spacial score (nSPS) is 31.2. The van der Waals surface area contributed by atoms with Crippen molar-refractivity contribution in [1.82, 2.24) is 4.90 Å². The number of hydrogen-bond donors (Lipinski definition) is 1. The fourth-order valence-electron chi connectivity index (χ4n) is 3.13. The lowest BCUT2D eigenvalue weighted by molar-refractivity contribution is -0.147. The van der Waals surface area contributed by atoms with Gasteiger partial charge in [-0.25, -0.2) is 0 Å². The molecule has 2 fully saturated rings. The van der Waals surface area contributed by atoms with Crippen LogP contribution in [0.4, 0.5) is 0 Å². The molecule has 1 saturated carbocycles. The number of carboxylic acid groups (broad SMARTS) is 1. The smallest absolute Gasteiger partial charge is 0.311 e. The van der Waals surface area contributed by atoms with Crippen molar-refractivity contribution in [2.75, 3.05) is 13.1 Å². The van der Waals surface area contributed by atoms with Crippen LogP contribution in [0.2, 0.25) is 0 Å². The molecular weight excluding hydrogens is 334 g/mol. The van der Waals surface area contributed by atoms with Gasteiger partial charge >= 0.3 is 5.97 Å². The minimum absolute atomic E-state index is 0.0236. The lowest BCUT2D eigenvalue weighted by atomic mass is 9.90. The number of carbonyl (C=O) groups is 2. The molecule has 1 amide bonds. The summed E-state index contributed by atoms with van der Waals surface area (Å²) >= 11 is 3.45. The van der Waals surface area contributed by atoms with Crippen molar-refractivity contribution in [3.8, 4) is 0 Å². The summed E-state index contributed by atoms with van der Waals surface area (Å²) in [5, 5.41) is 9.24. The molecule has 0 radical (unpaired) electrons. The van der Waals surface area contributed by atoms with E-state index < -0.39 is 11.4 Å². The molecule has 4 nitrogen and oxygen atoms in total. The zero-order chi connectivity index (χ0) is 15.2. The van der Waals surface area contributed by atoms with Crippen LogP contribution in [0, 0.1) is 11.3 Å². The first-order valence-electron chi connectivity index (χ1n) is 7.18. The maximum Gasteiger partial charge on any atom is 0.311 e. The van der Waals surface area contributed by atoms with E-state index in [-0.39, 0.29) is 17.7 Å². The van der Waals surface area contributed by atoms with Crippen LogP contribution in [0.15, 0.2) is 28.7 Å². The maximum atomic E-state index is 12.5. The summed E-state index contributed by atoms with van der Waals surface area (Å²) in [6.07, 6.45) is 1.41. The fraction of sp³-hybridized carbons (Fsp3) is 0.500. The van der Waals surface area contributed by atoms with Gasteiger partial charge in [0.25, 0.3) is 0 Å². The number of carbonyl (C=O) groups excluding carboxylic acids is 1. The van der Waals surface area contributed by atoms with Crippen molar-refractivity contribution >= 4 is 27.8 Å². The van der Waals surface area contributed by atoms with E-state index in [1.165, 1.54) is 5.56 Å². The number of benzene rings is 1. The second-order valence-electron chi connectivity index (χ2n) is 6.38. The Bertz CT molecular complexity index is 603. The summed E-state index contributed by atoms with van der Waals surface area (Å²) in [7, 11) is 0. The van der Waals surface area contributed by atoms with E-state index in [1.54, 1.807) is 11.8 Å². The quantitative estimate of drug-likeness (QED) is 0.910. The Labute approximate surface area is 132 Å². The molecule has 0 unspecified atom stereocenters. The number of halogens is 1. The Balaban J connectivity index is 1.65. The van der Waals surface area contributed by atoms with Gasteiger partial charge in [0.05, 0.1) is 5.41 Å². The van der Waals surface area contributed by atoms with E-state index in [1.807, 2.05) is 18.2 Å². The molecule has 5 heteroatoms. The summed E-state index contributed by atoms with van der Waals surface area (Å²) in [5.41, 5.74) is 0.401. The van der Waals surface area contributed by atoms with Gasteiger partial charge < -0.3 is 10.0 Å². The van der Waals surface area contributed by atoms with E-state index in [0.29, 0.717) is 19.5 Å². The summed E-state index contributed by atoms with van der Waals surface area (Å²) in [6.45, 7) is 2.62. The summed E-state index contributed by atoms with van der Waals surface area (Å²) in [4.78, 5) is 25.5. The molecule has 21 heavy (non-hydrogen) atoms. The Morgan fingerprint density at radius 2 is 2.19 bits per heavy atom. The average Bonchev–Trinajstić information content (AvgIpc) is 3.14. The number of nitrogens with zero attached hydrogens (tertiary/aromatic N) is 1. The third-order valence-corrected chi connectivity index (χ3v) is 5.18. The minimum Gasteiger partial charge on any atom is -0.481 e. The molecule has 0 bridgehead atoms. The monoisotopic (exact) mass is 351 g/mol. The molecule has 1 saturated heterocycles. The third-order valence-electron chi connectivity index (χ3n) is 4.69. The maximum absolute atomic E-state index is 12.5. The van der Waals surface area contributed by atoms with Crippen LogP contribution in [-0.4, -0.2) is 35.0 Å². The predicted octanol–water partition coefficient (Wildman–Crippen LogP) is 2.88. The molecule has 1 aliphatic carbocycles. The highest BCUT2D eigenvalue weighted by Gasteiger charge is 2.49. The fourth-order valence-corrected chi connectivity index (χ4v) is 3.55. The molecule has 1 heterocycles. The van der Waals surface area contributed by atoms with E-state index in [9.17, 15) is 14.7 Å². The second kappa shape index (κ2) is 5.13. The average molecular weight is 352 g/mol. The van der Waals surface area contributed by atoms with E-state index in [0.717, 1.165) is 10.9 Å². The SMILES string of the molecule is C[C@]1(C(=O)O)CCN(C(=O)[C@@H]2C[C@H]2c2cccc(Br)c2)C1. The minimum atomic E-state index is -0.808. The molecule has 1 N–H and O–H groups in total. The topological polar surface area (TPSA) is 57.6 Å². The van der Waals surface area contributed by atoms with Crippen LogP contribution < -0.4 is 0 Å². The number of carboxylic acids is 1. The van der Waals surface area contributed by atoms with Gasteiger partial charge in [0.2, 0.25) is 5.91 Å². The molecule has 1 aromatic rings. The molecule has 0 spiro atoms. The van der Waals surface area contributed by atoms with Crippen LogP contribution in [0.5, 0.6) is 0 Å². The van der Waals surface area contributed by atoms with Crippen LogP contribution >= 0.6 is 15.9 Å². The standard InChI is InChI=1S/C16H18BrNO3/c1-16(15(20)21)5-6-18(9-16)14(19)13-8-12(13)10-3-2-4-11(17)7-10/h2-4,7,12-13H,5-6,8-9H2,1H3,(H,20,21)/t12-,13+,16-/m0/s1. The van der Waals surface area contributed by atoms with E-state index in [2.05, 4.69) is 22.0 Å². The molecule has 3 atom stereocenters. The molecule has 3 rings (SSSR count). The van der Waals surface area contributed by atoms with E-state index >= 15 is 0 Å². The molecule has 112 valence electrons. The molecule has 1 aromatic carbocycles. The Morgan fingerprint density at radius 1 is 1.43 bits per heavy atom. The molecule has 0 aromatic heterocycles. The second-order valence-corrected chi connectivity index (χ2v) is 7.29. The summed E-state index contributed by atoms with van der Waals surface area (Å²) in [5.74, 6) is -0.385. The van der Waals surface area contributed by atoms with Gasteiger partial charge in [-0.1, -0.05) is 28.1 Å². The van der Waals surface area contributed by atoms with Crippen molar-refractivity contribution in [3.63, 3.8) is 0 Å². The molecule has 1 aliphatic heterocycles. The van der Waals surface area contributed by atoms with Crippen molar-refractivity contribution in [1.29, 1.82) is 0 Å². The van der Waals surface area contributed by atoms with Crippen LogP contribution in [0.3, 0.4) is 0 Å². The first kappa shape index (κ1) is 14.6. The number of rotatable bonds is 3. The Morgan fingerprint density at radius 3 is 2.81 bits per heavy atom. The first-order valence-corrected chi connectivity index (χ1v) is 7.98. The highest BCUT2D eigenvalue weighted by Crippen LogP contribution is 2.49. The van der Waals surface area contributed by atoms with E-state index in [4.69, 9.17) is 0 Å². The summed E-state index contributed by atoms with van der Waals surface area (Å²) in [6, 6.07) is 8.06. The van der Waals surface area contributed by atoms with Gasteiger partial charge in [-0.05, 0) is 43.4 Å². The van der Waals surface area contributed by atoms with Crippen LogP contribution in [-0.2, 0) is 9.59 Å².